The molecule has 1 aliphatic rings. The average molecular weight is 275 g/mol. The third-order valence-electron chi connectivity index (χ3n) is 3.77. The van der Waals surface area contributed by atoms with Gasteiger partial charge in [-0.05, 0) is 32.8 Å². The molecular weight excluding hydrogens is 251 g/mol. The molecule has 0 saturated carbocycles. The molecule has 91 valence electrons. The minimum Gasteiger partial charge on any atom is -0.0764 e. The van der Waals surface area contributed by atoms with Gasteiger partial charge in [-0.3, -0.25) is 0 Å². The number of hydrogen-bond donors (Lipinski definition) is 0. The molecule has 0 aromatic carbocycles. The van der Waals surface area contributed by atoms with Crippen molar-refractivity contribution in [3.05, 3.63) is 23.0 Å². The van der Waals surface area contributed by atoms with Gasteiger partial charge in [0.15, 0.2) is 0 Å². The Morgan fingerprint density at radius 1 is 1.07 bits per heavy atom. The van der Waals surface area contributed by atoms with Crippen molar-refractivity contribution in [2.24, 2.45) is 0 Å². The van der Waals surface area contributed by atoms with Crippen molar-refractivity contribution < 1.29 is 17.1 Å². The molecule has 0 spiro atoms. The van der Waals surface area contributed by atoms with Crippen LogP contribution in [0.25, 0.3) is 0 Å². The van der Waals surface area contributed by atoms with E-state index in [2.05, 4.69) is 39.8 Å². The Kier molecular flexibility index (Phi) is 7.09. The summed E-state index contributed by atoms with van der Waals surface area (Å²) in [4.78, 5) is 0. The van der Waals surface area contributed by atoms with E-state index < -0.39 is 7.26 Å². The molecule has 0 unspecified atom stereocenters. The Morgan fingerprint density at radius 3 is 2.00 bits per heavy atom. The van der Waals surface area contributed by atoms with Gasteiger partial charge in [0.1, 0.15) is 0 Å². The van der Waals surface area contributed by atoms with E-state index in [1.807, 2.05) is 5.31 Å². The molecule has 1 rings (SSSR count). The first kappa shape index (κ1) is 15.4. The SMILES string of the molecule is CCC1=C([P+](CC)(CC)CC)CC=C1.[Cu]. The van der Waals surface area contributed by atoms with Crippen LogP contribution in [-0.2, 0) is 17.1 Å². The molecular formula is C13H24CuP+. The van der Waals surface area contributed by atoms with Crippen LogP contribution < -0.4 is 0 Å². The van der Waals surface area contributed by atoms with Gasteiger partial charge >= 0.3 is 0 Å². The molecule has 0 aromatic heterocycles. The summed E-state index contributed by atoms with van der Waals surface area (Å²) in [5.74, 6) is 0. The van der Waals surface area contributed by atoms with Crippen molar-refractivity contribution >= 4 is 7.26 Å². The third kappa shape index (κ3) is 2.96. The van der Waals surface area contributed by atoms with Gasteiger partial charge in [0.25, 0.3) is 0 Å². The predicted molar refractivity (Wildman–Crippen MR) is 69.6 cm³/mol. The Hall–Kier alpha value is 0.429. The fraction of sp³-hybridized carbons (Fsp3) is 0.692. The molecule has 0 nitrogen and oxygen atoms in total. The van der Waals surface area contributed by atoms with E-state index in [0.29, 0.717) is 0 Å². The second-order valence-corrected chi connectivity index (χ2v) is 8.75. The normalized spacial score (nSPS) is 15.7. The number of rotatable bonds is 5. The van der Waals surface area contributed by atoms with Crippen molar-refractivity contribution in [1.82, 2.24) is 0 Å². The molecule has 0 heterocycles. The summed E-state index contributed by atoms with van der Waals surface area (Å²) < 4.78 is 0. The standard InChI is InChI=1S/C13H24P.Cu/c1-5-12-10-9-11-13(12)14(6-2,7-3)8-4;/h9-10H,5-8,11H2,1-4H3;/q+1;. The largest absolute Gasteiger partial charge is 0.0784 e. The van der Waals surface area contributed by atoms with Crippen molar-refractivity contribution in [2.75, 3.05) is 18.5 Å². The van der Waals surface area contributed by atoms with Crippen LogP contribution in [-0.4, -0.2) is 18.5 Å². The minimum absolute atomic E-state index is 0. The molecule has 15 heavy (non-hydrogen) atoms. The van der Waals surface area contributed by atoms with Crippen LogP contribution in [0.1, 0.15) is 40.5 Å². The monoisotopic (exact) mass is 274 g/mol. The Balaban J connectivity index is 0.00000196. The zero-order valence-electron chi connectivity index (χ0n) is 10.4. The van der Waals surface area contributed by atoms with E-state index in [1.54, 1.807) is 5.57 Å². The summed E-state index contributed by atoms with van der Waals surface area (Å²) in [6, 6.07) is 0. The van der Waals surface area contributed by atoms with E-state index in [0.717, 1.165) is 0 Å². The minimum atomic E-state index is -0.742. The van der Waals surface area contributed by atoms with E-state index in [1.165, 1.54) is 31.3 Å². The smallest absolute Gasteiger partial charge is 0.0764 e. The molecule has 0 saturated heterocycles. The first-order chi connectivity index (χ1) is 6.74. The van der Waals surface area contributed by atoms with Gasteiger partial charge in [0.2, 0.25) is 0 Å². The fourth-order valence-electron chi connectivity index (χ4n) is 2.60. The van der Waals surface area contributed by atoms with Gasteiger partial charge in [0.05, 0.1) is 23.8 Å². The summed E-state index contributed by atoms with van der Waals surface area (Å²) in [6.45, 7) is 9.46. The van der Waals surface area contributed by atoms with Crippen molar-refractivity contribution in [2.45, 2.75) is 40.5 Å². The third-order valence-corrected chi connectivity index (χ3v) is 9.02. The maximum Gasteiger partial charge on any atom is 0.0784 e. The molecule has 2 heteroatoms. The number of allylic oxidation sites excluding steroid dienone is 4. The topological polar surface area (TPSA) is 0 Å². The maximum atomic E-state index is 2.39. The fourth-order valence-corrected chi connectivity index (χ4v) is 6.43. The molecule has 0 bridgehead atoms. The van der Waals surface area contributed by atoms with E-state index >= 15 is 0 Å². The summed E-state index contributed by atoms with van der Waals surface area (Å²) in [5, 5.41) is 1.84. The average Bonchev–Trinajstić information content (AvgIpc) is 2.70. The Bertz CT molecular complexity index is 241. The predicted octanol–water partition coefficient (Wildman–Crippen LogP) is 4.69. The van der Waals surface area contributed by atoms with Crippen LogP contribution in [0.4, 0.5) is 0 Å². The quantitative estimate of drug-likeness (QED) is 0.504. The number of hydrogen-bond acceptors (Lipinski definition) is 0. The zero-order valence-corrected chi connectivity index (χ0v) is 12.3. The Morgan fingerprint density at radius 2 is 1.60 bits per heavy atom. The van der Waals surface area contributed by atoms with Crippen LogP contribution in [0.15, 0.2) is 23.0 Å². The van der Waals surface area contributed by atoms with Gasteiger partial charge in [-0.1, -0.05) is 19.1 Å². The van der Waals surface area contributed by atoms with Crippen LogP contribution in [0.5, 0.6) is 0 Å². The molecule has 0 aromatic rings. The van der Waals surface area contributed by atoms with Gasteiger partial charge in [-0.2, -0.15) is 0 Å². The summed E-state index contributed by atoms with van der Waals surface area (Å²) in [7, 11) is -0.742. The van der Waals surface area contributed by atoms with E-state index in [9.17, 15) is 0 Å². The summed E-state index contributed by atoms with van der Waals surface area (Å²) >= 11 is 0. The molecule has 0 amide bonds. The summed E-state index contributed by atoms with van der Waals surface area (Å²) in [6.07, 6.45) is 11.4. The maximum absolute atomic E-state index is 2.39. The van der Waals surface area contributed by atoms with Crippen LogP contribution in [0.3, 0.4) is 0 Å². The molecule has 1 radical (unpaired) electrons. The molecule has 0 N–H and O–H groups in total. The molecule has 0 aliphatic heterocycles. The van der Waals surface area contributed by atoms with Gasteiger partial charge in [-0.15, -0.1) is 0 Å². The van der Waals surface area contributed by atoms with Crippen LogP contribution in [0, 0.1) is 0 Å². The van der Waals surface area contributed by atoms with E-state index in [-0.39, 0.29) is 17.1 Å². The first-order valence-electron chi connectivity index (χ1n) is 5.99. The van der Waals surface area contributed by atoms with Gasteiger partial charge in [0, 0.05) is 30.8 Å². The second kappa shape index (κ2) is 6.89. The van der Waals surface area contributed by atoms with E-state index in [4.69, 9.17) is 0 Å². The second-order valence-electron chi connectivity index (χ2n) is 4.03. The molecule has 0 fully saturated rings. The zero-order chi connectivity index (χ0) is 10.6. The molecule has 1 aliphatic carbocycles. The van der Waals surface area contributed by atoms with Crippen molar-refractivity contribution in [3.8, 4) is 0 Å². The first-order valence-corrected chi connectivity index (χ1v) is 8.33. The molecule has 0 atom stereocenters. The Labute approximate surface area is 106 Å². The summed E-state index contributed by atoms with van der Waals surface area (Å²) in [5.41, 5.74) is 1.66. The van der Waals surface area contributed by atoms with Crippen LogP contribution in [0.2, 0.25) is 0 Å². The van der Waals surface area contributed by atoms with Crippen molar-refractivity contribution in [3.63, 3.8) is 0 Å². The van der Waals surface area contributed by atoms with Gasteiger partial charge in [-0.25, -0.2) is 0 Å². The van der Waals surface area contributed by atoms with Crippen molar-refractivity contribution in [1.29, 1.82) is 0 Å². The van der Waals surface area contributed by atoms with Crippen LogP contribution >= 0.6 is 7.26 Å². The van der Waals surface area contributed by atoms with Gasteiger partial charge < -0.3 is 0 Å².